The molecule has 1 N–H and O–H groups in total. The fourth-order valence-corrected chi connectivity index (χ4v) is 5.79. The molecular weight excluding hydrogens is 698 g/mol. The number of hydrogen-bond donors (Lipinski definition) is 1. The number of esters is 1. The second-order valence-corrected chi connectivity index (χ2v) is 11.5. The molecule has 13 nitrogen and oxygen atoms in total. The van der Waals surface area contributed by atoms with Crippen LogP contribution in [0.15, 0.2) is 36.7 Å². The highest BCUT2D eigenvalue weighted by molar-refractivity contribution is 5.97. The van der Waals surface area contributed by atoms with Gasteiger partial charge in [-0.25, -0.2) is 9.59 Å². The first-order valence-electron chi connectivity index (χ1n) is 15.6. The van der Waals surface area contributed by atoms with Gasteiger partial charge in [-0.05, 0) is 55.9 Å². The average Bonchev–Trinajstić information content (AvgIpc) is 3.10. The summed E-state index contributed by atoms with van der Waals surface area (Å²) in [6.45, 7) is 2.10. The van der Waals surface area contributed by atoms with Crippen LogP contribution in [0.1, 0.15) is 73.6 Å². The fourth-order valence-electron chi connectivity index (χ4n) is 5.79. The fraction of sp³-hybridized carbons (Fsp3) is 0.531. The smallest absolute Gasteiger partial charge is 0.433 e. The number of ketones is 1. The second kappa shape index (κ2) is 17.3. The van der Waals surface area contributed by atoms with Crippen molar-refractivity contribution in [3.63, 3.8) is 0 Å². The minimum absolute atomic E-state index is 0.0947. The number of aromatic nitrogens is 2. The van der Waals surface area contributed by atoms with E-state index >= 15 is 0 Å². The summed E-state index contributed by atoms with van der Waals surface area (Å²) in [7, 11) is 2.38. The third kappa shape index (κ3) is 10.8. The Morgan fingerprint density at radius 1 is 0.765 bits per heavy atom. The van der Waals surface area contributed by atoms with Gasteiger partial charge >= 0.3 is 36.5 Å². The van der Waals surface area contributed by atoms with E-state index in [9.17, 15) is 50.3 Å². The zero-order chi connectivity index (χ0) is 38.1. The molecule has 0 saturated carbocycles. The lowest BCUT2D eigenvalue weighted by Crippen LogP contribution is -2.43. The van der Waals surface area contributed by atoms with Gasteiger partial charge in [0.25, 0.3) is 0 Å². The number of ether oxygens (including phenoxy) is 3. The lowest BCUT2D eigenvalue weighted by Gasteiger charge is -2.38. The van der Waals surface area contributed by atoms with E-state index in [0.29, 0.717) is 17.5 Å². The number of hydrogen-bond acceptors (Lipinski definition) is 10. The number of alkyl halides is 6. The van der Waals surface area contributed by atoms with Gasteiger partial charge in [-0.1, -0.05) is 12.1 Å². The van der Waals surface area contributed by atoms with Crippen LogP contribution < -0.4 is 0 Å². The summed E-state index contributed by atoms with van der Waals surface area (Å²) in [4.78, 5) is 68.4. The van der Waals surface area contributed by atoms with Crippen molar-refractivity contribution in [2.75, 3.05) is 33.9 Å². The molecule has 51 heavy (non-hydrogen) atoms. The standard InChI is InChI=1S/C18H21F3N2O5.C14H15F3N2O4/c1-3-28-16(25)9-14(24)11-6-7-23(17(26)27-2)13(8-11)12-4-5-15(22-10-12)18(19,20)21;1-23-13(22)19-5-4-8(12(20)21)6-10(19)9-2-3-11(18-7-9)14(15,16)17/h4-5,10-11,13H,3,6-9H2,1-2H3;2-3,7-8,10H,4-6H2,1H3,(H,20,21). The van der Waals surface area contributed by atoms with Crippen LogP contribution in [0.2, 0.25) is 0 Å². The van der Waals surface area contributed by atoms with Crippen LogP contribution in [0.4, 0.5) is 35.9 Å². The maximum absolute atomic E-state index is 12.7. The number of methoxy groups -OCH3 is 2. The second-order valence-electron chi connectivity index (χ2n) is 11.5. The molecule has 4 unspecified atom stereocenters. The maximum atomic E-state index is 12.7. The summed E-state index contributed by atoms with van der Waals surface area (Å²) < 4.78 is 90.1. The lowest BCUT2D eigenvalue weighted by atomic mass is 9.84. The van der Waals surface area contributed by atoms with Gasteiger partial charge < -0.3 is 29.1 Å². The van der Waals surface area contributed by atoms with E-state index in [1.807, 2.05) is 0 Å². The van der Waals surface area contributed by atoms with Crippen LogP contribution in [0.5, 0.6) is 0 Å². The first-order chi connectivity index (χ1) is 23.9. The molecule has 0 radical (unpaired) electrons. The number of carbonyl (C=O) groups is 5. The first kappa shape index (κ1) is 40.5. The normalized spacial score (nSPS) is 20.7. The summed E-state index contributed by atoms with van der Waals surface area (Å²) >= 11 is 0. The summed E-state index contributed by atoms with van der Waals surface area (Å²) in [5.41, 5.74) is -1.40. The number of Topliss-reactive ketones (excluding diaryl/α,β-unsaturated/α-hetero) is 1. The number of aliphatic carboxylic acids is 1. The number of rotatable bonds is 7. The lowest BCUT2D eigenvalue weighted by molar-refractivity contribution is -0.147. The zero-order valence-corrected chi connectivity index (χ0v) is 27.7. The Morgan fingerprint density at radius 3 is 1.55 bits per heavy atom. The molecular formula is C32H36F6N4O9. The highest BCUT2D eigenvalue weighted by Gasteiger charge is 2.39. The molecule has 2 aliphatic heterocycles. The highest BCUT2D eigenvalue weighted by Crippen LogP contribution is 2.38. The van der Waals surface area contributed by atoms with Crippen molar-refractivity contribution < 1.29 is 69.6 Å². The molecule has 0 spiro atoms. The Kier molecular flexibility index (Phi) is 13.7. The molecule has 0 bridgehead atoms. The predicted molar refractivity (Wildman–Crippen MR) is 162 cm³/mol. The van der Waals surface area contributed by atoms with E-state index in [-0.39, 0.29) is 51.2 Å². The van der Waals surface area contributed by atoms with Crippen LogP contribution in [-0.2, 0) is 40.9 Å². The van der Waals surface area contributed by atoms with E-state index in [4.69, 9.17) is 14.6 Å². The van der Waals surface area contributed by atoms with E-state index in [0.717, 1.165) is 24.5 Å². The Balaban J connectivity index is 0.000000281. The number of carboxylic acids is 1. The van der Waals surface area contributed by atoms with Crippen molar-refractivity contribution in [2.24, 2.45) is 11.8 Å². The van der Waals surface area contributed by atoms with E-state index in [1.165, 1.54) is 36.2 Å². The van der Waals surface area contributed by atoms with Crippen molar-refractivity contribution in [2.45, 2.75) is 63.5 Å². The molecule has 2 saturated heterocycles. The van der Waals surface area contributed by atoms with Crippen molar-refractivity contribution in [3.8, 4) is 0 Å². The Morgan fingerprint density at radius 2 is 1.20 bits per heavy atom. The molecule has 0 aliphatic carbocycles. The zero-order valence-electron chi connectivity index (χ0n) is 27.7. The molecule has 0 aromatic carbocycles. The molecule has 4 heterocycles. The van der Waals surface area contributed by atoms with Crippen LogP contribution in [0.25, 0.3) is 0 Å². The van der Waals surface area contributed by atoms with Gasteiger partial charge in [0.2, 0.25) is 0 Å². The number of halogens is 6. The van der Waals surface area contributed by atoms with Gasteiger partial charge in [0, 0.05) is 31.4 Å². The van der Waals surface area contributed by atoms with E-state index < -0.39 is 71.8 Å². The van der Waals surface area contributed by atoms with Gasteiger partial charge in [0.1, 0.15) is 23.6 Å². The maximum Gasteiger partial charge on any atom is 0.433 e. The Hall–Kier alpha value is -4.97. The van der Waals surface area contributed by atoms with Crippen molar-refractivity contribution in [1.29, 1.82) is 0 Å². The first-order valence-corrected chi connectivity index (χ1v) is 15.6. The average molecular weight is 735 g/mol. The molecule has 280 valence electrons. The minimum Gasteiger partial charge on any atom is -0.481 e. The quantitative estimate of drug-likeness (QED) is 0.157. The largest absolute Gasteiger partial charge is 0.481 e. The molecule has 2 aliphatic rings. The molecule has 4 rings (SSSR count). The summed E-state index contributed by atoms with van der Waals surface area (Å²) in [6, 6.07) is 2.71. The number of piperidine rings is 2. The molecule has 2 aromatic heterocycles. The summed E-state index contributed by atoms with van der Waals surface area (Å²) in [6.07, 6.45) is -7.93. The van der Waals surface area contributed by atoms with Gasteiger partial charge in [0.05, 0.1) is 38.8 Å². The van der Waals surface area contributed by atoms with E-state index in [2.05, 4.69) is 14.7 Å². The van der Waals surface area contributed by atoms with Crippen LogP contribution in [0, 0.1) is 11.8 Å². The molecule has 2 amide bonds. The van der Waals surface area contributed by atoms with Crippen LogP contribution in [0.3, 0.4) is 0 Å². The van der Waals surface area contributed by atoms with Crippen molar-refractivity contribution in [1.82, 2.24) is 19.8 Å². The Bertz CT molecular complexity index is 1540. The molecule has 2 aromatic rings. The Labute approximate surface area is 287 Å². The number of carboxylic acid groups (broad SMARTS) is 1. The van der Waals surface area contributed by atoms with E-state index in [1.54, 1.807) is 6.92 Å². The number of amides is 2. The SMILES string of the molecule is CCOC(=O)CC(=O)C1CCN(C(=O)OC)C(c2ccc(C(F)(F)F)nc2)C1.COC(=O)N1CCC(C(=O)O)CC1c1ccc(C(F)(F)F)nc1. The minimum atomic E-state index is -4.58. The third-order valence-corrected chi connectivity index (χ3v) is 8.37. The van der Waals surface area contributed by atoms with Crippen LogP contribution in [-0.4, -0.2) is 88.7 Å². The van der Waals surface area contributed by atoms with Gasteiger partial charge in [0.15, 0.2) is 0 Å². The topological polar surface area (TPSA) is 166 Å². The number of carbonyl (C=O) groups excluding carboxylic acids is 4. The molecule has 19 heteroatoms. The predicted octanol–water partition coefficient (Wildman–Crippen LogP) is 5.85. The number of nitrogens with zero attached hydrogens (tertiary/aromatic N) is 4. The van der Waals surface area contributed by atoms with Gasteiger partial charge in [-0.2, -0.15) is 26.3 Å². The number of likely N-dealkylation sites (tertiary alicyclic amines) is 2. The summed E-state index contributed by atoms with van der Waals surface area (Å²) in [5, 5.41) is 9.14. The monoisotopic (exact) mass is 734 g/mol. The van der Waals surface area contributed by atoms with Crippen molar-refractivity contribution in [3.05, 3.63) is 59.2 Å². The van der Waals surface area contributed by atoms with Crippen molar-refractivity contribution >= 4 is 29.9 Å². The highest BCUT2D eigenvalue weighted by atomic mass is 19.4. The third-order valence-electron chi connectivity index (χ3n) is 8.37. The van der Waals surface area contributed by atoms with Crippen LogP contribution >= 0.6 is 0 Å². The molecule has 4 atom stereocenters. The molecule has 2 fully saturated rings. The van der Waals surface area contributed by atoms with Gasteiger partial charge in [-0.15, -0.1) is 0 Å². The number of pyridine rings is 2. The van der Waals surface area contributed by atoms with Gasteiger partial charge in [-0.3, -0.25) is 24.4 Å². The summed E-state index contributed by atoms with van der Waals surface area (Å²) in [5.74, 6) is -3.16.